The Balaban J connectivity index is 2.05. The molecule has 2 heterocycles. The van der Waals surface area contributed by atoms with E-state index in [4.69, 9.17) is 0 Å². The Hall–Kier alpha value is -1.35. The van der Waals surface area contributed by atoms with Crippen LogP contribution in [0.5, 0.6) is 0 Å². The molecule has 0 bridgehead atoms. The lowest BCUT2D eigenvalue weighted by atomic mass is 10.0. The van der Waals surface area contributed by atoms with Crippen molar-refractivity contribution in [1.29, 1.82) is 0 Å². The zero-order valence-corrected chi connectivity index (χ0v) is 8.90. The highest BCUT2D eigenvalue weighted by Crippen LogP contribution is 2.25. The van der Waals surface area contributed by atoms with Gasteiger partial charge >= 0.3 is 0 Å². The Bertz CT molecular complexity index is 481. The maximum atomic E-state index is 4.39. The highest BCUT2D eigenvalue weighted by molar-refractivity contribution is 5.76. The van der Waals surface area contributed by atoms with Crippen molar-refractivity contribution in [2.75, 3.05) is 6.54 Å². The average molecular weight is 201 g/mol. The van der Waals surface area contributed by atoms with Gasteiger partial charge in [0, 0.05) is 13.1 Å². The smallest absolute Gasteiger partial charge is 0.0955 e. The molecule has 3 nitrogen and oxygen atoms in total. The SMILES string of the molecule is Cn1cnc2cc(C3CCCN3)ccc21. The van der Waals surface area contributed by atoms with Crippen LogP contribution in [0.25, 0.3) is 11.0 Å². The van der Waals surface area contributed by atoms with Gasteiger partial charge in [0.25, 0.3) is 0 Å². The van der Waals surface area contributed by atoms with Crippen molar-refractivity contribution in [1.82, 2.24) is 14.9 Å². The van der Waals surface area contributed by atoms with Crippen molar-refractivity contribution in [3.63, 3.8) is 0 Å². The van der Waals surface area contributed by atoms with E-state index in [1.165, 1.54) is 23.9 Å². The molecule has 0 radical (unpaired) electrons. The van der Waals surface area contributed by atoms with E-state index in [-0.39, 0.29) is 0 Å². The van der Waals surface area contributed by atoms with Gasteiger partial charge in [-0.2, -0.15) is 0 Å². The van der Waals surface area contributed by atoms with E-state index in [9.17, 15) is 0 Å². The molecule has 3 rings (SSSR count). The molecule has 1 saturated heterocycles. The normalized spacial score (nSPS) is 21.3. The van der Waals surface area contributed by atoms with Crippen LogP contribution in [-0.2, 0) is 7.05 Å². The summed E-state index contributed by atoms with van der Waals surface area (Å²) in [6.45, 7) is 1.14. The van der Waals surface area contributed by atoms with Crippen molar-refractivity contribution in [2.24, 2.45) is 7.05 Å². The van der Waals surface area contributed by atoms with E-state index < -0.39 is 0 Å². The molecule has 1 N–H and O–H groups in total. The van der Waals surface area contributed by atoms with Gasteiger partial charge in [0.15, 0.2) is 0 Å². The summed E-state index contributed by atoms with van der Waals surface area (Å²) in [5.41, 5.74) is 3.68. The second kappa shape index (κ2) is 3.35. The standard InChI is InChI=1S/C12H15N3/c1-15-8-14-11-7-9(4-5-12(11)15)10-3-2-6-13-10/h4-5,7-8,10,13H,2-3,6H2,1H3. The molecule has 0 aliphatic carbocycles. The predicted molar refractivity (Wildman–Crippen MR) is 60.7 cm³/mol. The van der Waals surface area contributed by atoms with Gasteiger partial charge in [-0.25, -0.2) is 4.98 Å². The topological polar surface area (TPSA) is 29.9 Å². The molecule has 15 heavy (non-hydrogen) atoms. The fourth-order valence-electron chi connectivity index (χ4n) is 2.34. The summed E-state index contributed by atoms with van der Waals surface area (Å²) in [5.74, 6) is 0. The fraction of sp³-hybridized carbons (Fsp3) is 0.417. The van der Waals surface area contributed by atoms with Gasteiger partial charge in [-0.1, -0.05) is 6.07 Å². The number of aryl methyl sites for hydroxylation is 1. The quantitative estimate of drug-likeness (QED) is 0.764. The van der Waals surface area contributed by atoms with Gasteiger partial charge < -0.3 is 9.88 Å². The molecule has 1 aliphatic rings. The van der Waals surface area contributed by atoms with Crippen LogP contribution in [-0.4, -0.2) is 16.1 Å². The number of hydrogen-bond acceptors (Lipinski definition) is 2. The second-order valence-electron chi connectivity index (χ2n) is 4.25. The molecular weight excluding hydrogens is 186 g/mol. The Morgan fingerprint density at radius 1 is 1.47 bits per heavy atom. The molecule has 78 valence electrons. The van der Waals surface area contributed by atoms with Crippen LogP contribution in [0.3, 0.4) is 0 Å². The number of nitrogens with one attached hydrogen (secondary N) is 1. The summed E-state index contributed by atoms with van der Waals surface area (Å²) < 4.78 is 2.06. The summed E-state index contributed by atoms with van der Waals surface area (Å²) in [5, 5.41) is 3.51. The number of aromatic nitrogens is 2. The first-order valence-electron chi connectivity index (χ1n) is 5.49. The minimum absolute atomic E-state index is 0.538. The fourth-order valence-corrected chi connectivity index (χ4v) is 2.34. The summed E-state index contributed by atoms with van der Waals surface area (Å²) in [4.78, 5) is 4.39. The Morgan fingerprint density at radius 2 is 2.40 bits per heavy atom. The Morgan fingerprint density at radius 3 is 3.20 bits per heavy atom. The highest BCUT2D eigenvalue weighted by Gasteiger charge is 2.16. The first kappa shape index (κ1) is 8.92. The number of fused-ring (bicyclic) bond motifs is 1. The van der Waals surface area contributed by atoms with Gasteiger partial charge in [0.1, 0.15) is 0 Å². The number of nitrogens with zero attached hydrogens (tertiary/aromatic N) is 2. The molecule has 1 aromatic carbocycles. The average Bonchev–Trinajstić information content (AvgIpc) is 2.88. The van der Waals surface area contributed by atoms with Gasteiger partial charge in [-0.15, -0.1) is 0 Å². The molecule has 1 aromatic heterocycles. The second-order valence-corrected chi connectivity index (χ2v) is 4.25. The van der Waals surface area contributed by atoms with Crippen molar-refractivity contribution >= 4 is 11.0 Å². The summed E-state index contributed by atoms with van der Waals surface area (Å²) >= 11 is 0. The molecule has 0 amide bonds. The van der Waals surface area contributed by atoms with E-state index in [0.717, 1.165) is 12.1 Å². The maximum Gasteiger partial charge on any atom is 0.0955 e. The predicted octanol–water partition coefficient (Wildman–Crippen LogP) is 2.00. The summed E-state index contributed by atoms with van der Waals surface area (Å²) in [6, 6.07) is 7.12. The van der Waals surface area contributed by atoms with Crippen LogP contribution in [0, 0.1) is 0 Å². The van der Waals surface area contributed by atoms with E-state index in [2.05, 4.69) is 33.1 Å². The summed E-state index contributed by atoms with van der Waals surface area (Å²) in [7, 11) is 2.03. The van der Waals surface area contributed by atoms with Gasteiger partial charge in [0.2, 0.25) is 0 Å². The van der Waals surface area contributed by atoms with Crippen LogP contribution < -0.4 is 5.32 Å². The largest absolute Gasteiger partial charge is 0.334 e. The zero-order valence-electron chi connectivity index (χ0n) is 8.90. The van der Waals surface area contributed by atoms with Gasteiger partial charge in [-0.3, -0.25) is 0 Å². The maximum absolute atomic E-state index is 4.39. The van der Waals surface area contributed by atoms with Crippen LogP contribution in [0.1, 0.15) is 24.4 Å². The monoisotopic (exact) mass is 201 g/mol. The van der Waals surface area contributed by atoms with Crippen molar-refractivity contribution in [3.05, 3.63) is 30.1 Å². The highest BCUT2D eigenvalue weighted by atomic mass is 15.0. The van der Waals surface area contributed by atoms with Crippen molar-refractivity contribution < 1.29 is 0 Å². The van der Waals surface area contributed by atoms with Crippen LogP contribution in [0.2, 0.25) is 0 Å². The number of rotatable bonds is 1. The van der Waals surface area contributed by atoms with Crippen LogP contribution in [0.15, 0.2) is 24.5 Å². The number of imidazole rings is 1. The number of hydrogen-bond donors (Lipinski definition) is 1. The van der Waals surface area contributed by atoms with E-state index in [1.54, 1.807) is 0 Å². The zero-order chi connectivity index (χ0) is 10.3. The number of benzene rings is 1. The lowest BCUT2D eigenvalue weighted by Crippen LogP contribution is -2.12. The molecule has 0 spiro atoms. The molecule has 1 atom stereocenters. The third kappa shape index (κ3) is 1.43. The third-order valence-corrected chi connectivity index (χ3v) is 3.21. The van der Waals surface area contributed by atoms with Crippen LogP contribution in [0.4, 0.5) is 0 Å². The Labute approximate surface area is 89.1 Å². The minimum atomic E-state index is 0.538. The lowest BCUT2D eigenvalue weighted by Gasteiger charge is -2.10. The van der Waals surface area contributed by atoms with E-state index >= 15 is 0 Å². The molecule has 3 heteroatoms. The molecule has 1 aliphatic heterocycles. The van der Waals surface area contributed by atoms with E-state index in [0.29, 0.717) is 6.04 Å². The van der Waals surface area contributed by atoms with Gasteiger partial charge in [0.05, 0.1) is 17.4 Å². The van der Waals surface area contributed by atoms with Crippen molar-refractivity contribution in [2.45, 2.75) is 18.9 Å². The van der Waals surface area contributed by atoms with E-state index in [1.807, 2.05) is 13.4 Å². The molecule has 2 aromatic rings. The third-order valence-electron chi connectivity index (χ3n) is 3.21. The van der Waals surface area contributed by atoms with Crippen molar-refractivity contribution in [3.8, 4) is 0 Å². The van der Waals surface area contributed by atoms with Crippen LogP contribution >= 0.6 is 0 Å². The minimum Gasteiger partial charge on any atom is -0.334 e. The molecular formula is C12H15N3. The first-order chi connectivity index (χ1) is 7.34. The van der Waals surface area contributed by atoms with Gasteiger partial charge in [-0.05, 0) is 37.1 Å². The molecule has 0 saturated carbocycles. The Kier molecular flexibility index (Phi) is 1.99. The first-order valence-corrected chi connectivity index (χ1v) is 5.49. The summed E-state index contributed by atoms with van der Waals surface area (Å²) in [6.07, 6.45) is 4.40. The molecule has 1 fully saturated rings. The lowest BCUT2D eigenvalue weighted by molar-refractivity contribution is 0.648. The molecule has 1 unspecified atom stereocenters.